The van der Waals surface area contributed by atoms with E-state index >= 15 is 0 Å². The van der Waals surface area contributed by atoms with Crippen LogP contribution in [0.4, 0.5) is 18.9 Å². The summed E-state index contributed by atoms with van der Waals surface area (Å²) in [5.74, 6) is -0.612. The fraction of sp³-hybridized carbons (Fsp3) is 0.250. The third-order valence-electron chi connectivity index (χ3n) is 4.37. The number of benzene rings is 2. The van der Waals surface area contributed by atoms with Gasteiger partial charge in [0.1, 0.15) is 0 Å². The molecule has 160 valence electrons. The first-order valence-corrected chi connectivity index (χ1v) is 10.4. The van der Waals surface area contributed by atoms with Gasteiger partial charge in [0.15, 0.2) is 0 Å². The first-order valence-electron chi connectivity index (χ1n) is 9.00. The van der Waals surface area contributed by atoms with Crippen molar-refractivity contribution in [3.63, 3.8) is 0 Å². The number of halogens is 3. The molecule has 0 spiro atoms. The molecular formula is C20H19F3N2O4S. The Morgan fingerprint density at radius 2 is 1.73 bits per heavy atom. The van der Waals surface area contributed by atoms with E-state index in [2.05, 4.69) is 5.32 Å². The van der Waals surface area contributed by atoms with Gasteiger partial charge >= 0.3 is 6.18 Å². The van der Waals surface area contributed by atoms with Gasteiger partial charge in [-0.15, -0.1) is 0 Å². The van der Waals surface area contributed by atoms with Crippen molar-refractivity contribution in [1.82, 2.24) is 4.31 Å². The SMILES string of the molecule is O=C(/C=C/c1ccc(S(=O)(=O)N2CCOCC2)cc1)Nc1cccc(C(F)(F)F)c1. The summed E-state index contributed by atoms with van der Waals surface area (Å²) in [5.41, 5.74) is -0.275. The minimum absolute atomic E-state index is 0.0198. The van der Waals surface area contributed by atoms with E-state index in [0.717, 1.165) is 18.2 Å². The first-order chi connectivity index (χ1) is 14.2. The number of sulfonamides is 1. The molecule has 1 fully saturated rings. The highest BCUT2D eigenvalue weighted by atomic mass is 32.2. The molecule has 1 saturated heterocycles. The Morgan fingerprint density at radius 3 is 2.37 bits per heavy atom. The quantitative estimate of drug-likeness (QED) is 0.724. The number of carbonyl (C=O) groups is 1. The average molecular weight is 440 g/mol. The lowest BCUT2D eigenvalue weighted by Crippen LogP contribution is -2.40. The summed E-state index contributed by atoms with van der Waals surface area (Å²) in [5, 5.41) is 2.36. The van der Waals surface area contributed by atoms with E-state index in [1.807, 2.05) is 0 Å². The fourth-order valence-corrected chi connectivity index (χ4v) is 4.22. The van der Waals surface area contributed by atoms with Crippen LogP contribution in [-0.4, -0.2) is 44.9 Å². The lowest BCUT2D eigenvalue weighted by molar-refractivity contribution is -0.137. The summed E-state index contributed by atoms with van der Waals surface area (Å²) in [6, 6.07) is 10.3. The molecule has 30 heavy (non-hydrogen) atoms. The molecule has 10 heteroatoms. The normalized spacial score (nSPS) is 16.0. The Balaban J connectivity index is 1.64. The van der Waals surface area contributed by atoms with Gasteiger partial charge in [0.05, 0.1) is 23.7 Å². The lowest BCUT2D eigenvalue weighted by atomic mass is 10.2. The molecule has 0 aromatic heterocycles. The van der Waals surface area contributed by atoms with E-state index in [4.69, 9.17) is 4.74 Å². The van der Waals surface area contributed by atoms with Gasteiger partial charge in [0, 0.05) is 24.9 Å². The zero-order valence-corrected chi connectivity index (χ0v) is 16.5. The van der Waals surface area contributed by atoms with Crippen LogP contribution in [0.15, 0.2) is 59.5 Å². The Morgan fingerprint density at radius 1 is 1.07 bits per heavy atom. The van der Waals surface area contributed by atoms with Crippen LogP contribution in [0.5, 0.6) is 0 Å². The van der Waals surface area contributed by atoms with Crippen molar-refractivity contribution < 1.29 is 31.1 Å². The predicted molar refractivity (Wildman–Crippen MR) is 105 cm³/mol. The van der Waals surface area contributed by atoms with Crippen LogP contribution in [0.2, 0.25) is 0 Å². The summed E-state index contributed by atoms with van der Waals surface area (Å²) in [6.07, 6.45) is -1.90. The molecule has 2 aromatic rings. The van der Waals surface area contributed by atoms with Gasteiger partial charge in [-0.3, -0.25) is 4.79 Å². The number of nitrogens with one attached hydrogen (secondary N) is 1. The zero-order valence-electron chi connectivity index (χ0n) is 15.7. The van der Waals surface area contributed by atoms with Gasteiger partial charge in [-0.05, 0) is 42.0 Å². The number of carbonyl (C=O) groups excluding carboxylic acids is 1. The summed E-state index contributed by atoms with van der Waals surface area (Å²) >= 11 is 0. The van der Waals surface area contributed by atoms with Crippen LogP contribution in [0.1, 0.15) is 11.1 Å². The van der Waals surface area contributed by atoms with Crippen molar-refractivity contribution >= 4 is 27.7 Å². The molecule has 0 atom stereocenters. The molecule has 0 radical (unpaired) electrons. The maximum Gasteiger partial charge on any atom is 0.416 e. The molecule has 2 aromatic carbocycles. The highest BCUT2D eigenvalue weighted by Crippen LogP contribution is 2.30. The Kier molecular flexibility index (Phi) is 6.59. The van der Waals surface area contributed by atoms with E-state index in [1.54, 1.807) is 12.1 Å². The Bertz CT molecular complexity index is 1030. The number of nitrogens with zero attached hydrogens (tertiary/aromatic N) is 1. The monoisotopic (exact) mass is 440 g/mol. The Hall–Kier alpha value is -2.69. The third kappa shape index (κ3) is 5.47. The minimum Gasteiger partial charge on any atom is -0.379 e. The van der Waals surface area contributed by atoms with Gasteiger partial charge < -0.3 is 10.1 Å². The van der Waals surface area contributed by atoms with E-state index < -0.39 is 27.7 Å². The number of hydrogen-bond donors (Lipinski definition) is 1. The number of hydrogen-bond acceptors (Lipinski definition) is 4. The van der Waals surface area contributed by atoms with Crippen molar-refractivity contribution in [1.29, 1.82) is 0 Å². The van der Waals surface area contributed by atoms with Gasteiger partial charge in [-0.2, -0.15) is 17.5 Å². The largest absolute Gasteiger partial charge is 0.416 e. The van der Waals surface area contributed by atoms with Crippen LogP contribution < -0.4 is 5.32 Å². The molecule has 1 aliphatic rings. The minimum atomic E-state index is -4.50. The topological polar surface area (TPSA) is 75.7 Å². The summed E-state index contributed by atoms with van der Waals surface area (Å²) in [4.78, 5) is 12.1. The number of anilines is 1. The highest BCUT2D eigenvalue weighted by Gasteiger charge is 2.30. The van der Waals surface area contributed by atoms with Gasteiger partial charge in [0.2, 0.25) is 15.9 Å². The van der Waals surface area contributed by atoms with Gasteiger partial charge in [-0.1, -0.05) is 18.2 Å². The molecule has 0 aliphatic carbocycles. The molecule has 1 aliphatic heterocycles. The lowest BCUT2D eigenvalue weighted by Gasteiger charge is -2.26. The van der Waals surface area contributed by atoms with E-state index in [1.165, 1.54) is 34.6 Å². The van der Waals surface area contributed by atoms with Crippen molar-refractivity contribution in [2.24, 2.45) is 0 Å². The first kappa shape index (κ1) is 22.0. The molecule has 0 bridgehead atoms. The number of amides is 1. The van der Waals surface area contributed by atoms with Crippen molar-refractivity contribution in [3.8, 4) is 0 Å². The summed E-state index contributed by atoms with van der Waals surface area (Å²) in [7, 11) is -3.61. The van der Waals surface area contributed by atoms with E-state index in [0.29, 0.717) is 31.9 Å². The highest BCUT2D eigenvalue weighted by molar-refractivity contribution is 7.89. The fourth-order valence-electron chi connectivity index (χ4n) is 2.82. The smallest absolute Gasteiger partial charge is 0.379 e. The summed E-state index contributed by atoms with van der Waals surface area (Å²) in [6.45, 7) is 1.28. The number of alkyl halides is 3. The predicted octanol–water partition coefficient (Wildman–Crippen LogP) is 3.38. The molecular weight excluding hydrogens is 421 g/mol. The van der Waals surface area contributed by atoms with E-state index in [-0.39, 0.29) is 10.6 Å². The van der Waals surface area contributed by atoms with Crippen LogP contribution in [-0.2, 0) is 25.7 Å². The van der Waals surface area contributed by atoms with Crippen molar-refractivity contribution in [3.05, 3.63) is 65.7 Å². The van der Waals surface area contributed by atoms with E-state index in [9.17, 15) is 26.4 Å². The van der Waals surface area contributed by atoms with Gasteiger partial charge in [0.25, 0.3) is 0 Å². The molecule has 0 unspecified atom stereocenters. The van der Waals surface area contributed by atoms with Crippen molar-refractivity contribution in [2.75, 3.05) is 31.6 Å². The molecule has 1 amide bonds. The second-order valence-electron chi connectivity index (χ2n) is 6.49. The Labute approximate surface area is 172 Å². The van der Waals surface area contributed by atoms with Crippen molar-refractivity contribution in [2.45, 2.75) is 11.1 Å². The van der Waals surface area contributed by atoms with Crippen LogP contribution >= 0.6 is 0 Å². The maximum atomic E-state index is 12.7. The molecule has 1 heterocycles. The second-order valence-corrected chi connectivity index (χ2v) is 8.42. The molecule has 1 N–H and O–H groups in total. The third-order valence-corrected chi connectivity index (χ3v) is 6.29. The zero-order chi connectivity index (χ0) is 21.8. The maximum absolute atomic E-state index is 12.7. The molecule has 6 nitrogen and oxygen atoms in total. The summed E-state index contributed by atoms with van der Waals surface area (Å²) < 4.78 is 69.9. The standard InChI is InChI=1S/C20H19F3N2O4S/c21-20(22,23)16-2-1-3-17(14-16)24-19(26)9-6-15-4-7-18(8-5-15)30(27,28)25-10-12-29-13-11-25/h1-9,14H,10-13H2,(H,24,26)/b9-6+. The molecule has 3 rings (SSSR count). The van der Waals surface area contributed by atoms with Crippen LogP contribution in [0.3, 0.4) is 0 Å². The second kappa shape index (κ2) is 8.99. The number of rotatable bonds is 5. The number of morpholine rings is 1. The van der Waals surface area contributed by atoms with Crippen LogP contribution in [0, 0.1) is 0 Å². The average Bonchev–Trinajstić information content (AvgIpc) is 2.73. The van der Waals surface area contributed by atoms with Gasteiger partial charge in [-0.25, -0.2) is 8.42 Å². The number of ether oxygens (including phenoxy) is 1. The molecule has 0 saturated carbocycles. The van der Waals surface area contributed by atoms with Crippen LogP contribution in [0.25, 0.3) is 6.08 Å².